The van der Waals surface area contributed by atoms with Gasteiger partial charge in [0, 0.05) is 12.6 Å². The molecule has 0 amide bonds. The summed E-state index contributed by atoms with van der Waals surface area (Å²) in [5.41, 5.74) is 2.72. The predicted molar refractivity (Wildman–Crippen MR) is 79.5 cm³/mol. The SMILES string of the molecule is CC(C)(C)C(CCO)Nc1cccc(NN)c1[N+](=O)[O-]. The molecule has 7 nitrogen and oxygen atoms in total. The lowest BCUT2D eigenvalue weighted by atomic mass is 9.84. The molecule has 0 spiro atoms. The number of aliphatic hydroxyl groups excluding tert-OH is 1. The van der Waals surface area contributed by atoms with Crippen molar-refractivity contribution in [3.8, 4) is 0 Å². The largest absolute Gasteiger partial charge is 0.396 e. The Balaban J connectivity index is 3.16. The molecule has 0 radical (unpaired) electrons. The molecule has 0 saturated carbocycles. The zero-order valence-corrected chi connectivity index (χ0v) is 12.0. The molecule has 0 bridgehead atoms. The zero-order valence-electron chi connectivity index (χ0n) is 12.0. The van der Waals surface area contributed by atoms with E-state index in [4.69, 9.17) is 10.9 Å². The first-order chi connectivity index (χ1) is 9.31. The Morgan fingerprint density at radius 2 is 2.00 bits per heavy atom. The third kappa shape index (κ3) is 3.82. The van der Waals surface area contributed by atoms with Gasteiger partial charge < -0.3 is 15.8 Å². The molecule has 0 aliphatic heterocycles. The van der Waals surface area contributed by atoms with Gasteiger partial charge >= 0.3 is 5.69 Å². The number of nitrogens with one attached hydrogen (secondary N) is 2. The smallest absolute Gasteiger partial charge is 0.316 e. The Hall–Kier alpha value is -1.86. The van der Waals surface area contributed by atoms with Crippen LogP contribution in [0.15, 0.2) is 18.2 Å². The molecule has 0 fully saturated rings. The van der Waals surface area contributed by atoms with Gasteiger partial charge in [-0.05, 0) is 24.0 Å². The molecule has 1 rings (SSSR count). The van der Waals surface area contributed by atoms with Crippen molar-refractivity contribution >= 4 is 17.1 Å². The van der Waals surface area contributed by atoms with Crippen LogP contribution in [0.2, 0.25) is 0 Å². The van der Waals surface area contributed by atoms with Gasteiger partial charge in [0.15, 0.2) is 0 Å². The fourth-order valence-electron chi connectivity index (χ4n) is 2.01. The first-order valence-corrected chi connectivity index (χ1v) is 6.42. The van der Waals surface area contributed by atoms with Gasteiger partial charge in [0.1, 0.15) is 11.4 Å². The second kappa shape index (κ2) is 6.53. The monoisotopic (exact) mass is 282 g/mol. The summed E-state index contributed by atoms with van der Waals surface area (Å²) in [5, 5.41) is 23.5. The summed E-state index contributed by atoms with van der Waals surface area (Å²) >= 11 is 0. The van der Waals surface area contributed by atoms with Crippen LogP contribution in [0, 0.1) is 15.5 Å². The molecule has 20 heavy (non-hydrogen) atoms. The predicted octanol–water partition coefficient (Wildman–Crippen LogP) is 2.09. The van der Waals surface area contributed by atoms with Crippen molar-refractivity contribution in [3.05, 3.63) is 28.3 Å². The van der Waals surface area contributed by atoms with Gasteiger partial charge in [0.2, 0.25) is 0 Å². The minimum Gasteiger partial charge on any atom is -0.396 e. The Labute approximate surface area is 118 Å². The molecule has 7 heteroatoms. The van der Waals surface area contributed by atoms with Gasteiger partial charge in [-0.1, -0.05) is 26.8 Å². The summed E-state index contributed by atoms with van der Waals surface area (Å²) in [4.78, 5) is 10.7. The number of rotatable bonds is 6. The van der Waals surface area contributed by atoms with E-state index in [2.05, 4.69) is 10.7 Å². The molecule has 1 aromatic carbocycles. The molecule has 5 N–H and O–H groups in total. The quantitative estimate of drug-likeness (QED) is 0.361. The molecule has 0 aliphatic carbocycles. The number of aliphatic hydroxyl groups is 1. The molecule has 0 heterocycles. The van der Waals surface area contributed by atoms with Gasteiger partial charge in [0.05, 0.1) is 4.92 Å². The van der Waals surface area contributed by atoms with Crippen LogP contribution in [-0.2, 0) is 0 Å². The first-order valence-electron chi connectivity index (χ1n) is 6.42. The van der Waals surface area contributed by atoms with E-state index < -0.39 is 4.92 Å². The maximum atomic E-state index is 11.2. The Bertz CT molecular complexity index is 471. The van der Waals surface area contributed by atoms with E-state index in [9.17, 15) is 10.1 Å². The molecule has 1 atom stereocenters. The number of para-hydroxylation sites is 1. The van der Waals surface area contributed by atoms with Gasteiger partial charge in [-0.25, -0.2) is 0 Å². The van der Waals surface area contributed by atoms with E-state index in [-0.39, 0.29) is 29.4 Å². The summed E-state index contributed by atoms with van der Waals surface area (Å²) in [7, 11) is 0. The number of hydrogen-bond donors (Lipinski definition) is 4. The maximum absolute atomic E-state index is 11.2. The van der Waals surface area contributed by atoms with Crippen LogP contribution in [0.1, 0.15) is 27.2 Å². The number of nitro groups is 1. The highest BCUT2D eigenvalue weighted by Gasteiger charge is 2.27. The zero-order chi connectivity index (χ0) is 15.3. The summed E-state index contributed by atoms with van der Waals surface area (Å²) in [6, 6.07) is 4.76. The number of nitrogen functional groups attached to an aromatic ring is 1. The third-order valence-corrected chi connectivity index (χ3v) is 3.17. The van der Waals surface area contributed by atoms with Crippen molar-refractivity contribution in [1.82, 2.24) is 0 Å². The Morgan fingerprint density at radius 1 is 1.40 bits per heavy atom. The van der Waals surface area contributed by atoms with Gasteiger partial charge in [-0.3, -0.25) is 16.0 Å². The first kappa shape index (κ1) is 16.2. The van der Waals surface area contributed by atoms with Crippen LogP contribution in [0.5, 0.6) is 0 Å². The van der Waals surface area contributed by atoms with E-state index in [1.54, 1.807) is 18.2 Å². The van der Waals surface area contributed by atoms with Crippen LogP contribution >= 0.6 is 0 Å². The summed E-state index contributed by atoms with van der Waals surface area (Å²) in [6.07, 6.45) is 0.501. The number of hydrazine groups is 1. The molecule has 112 valence electrons. The van der Waals surface area contributed by atoms with Gasteiger partial charge in [0.25, 0.3) is 0 Å². The highest BCUT2D eigenvalue weighted by Crippen LogP contribution is 2.35. The van der Waals surface area contributed by atoms with Crippen molar-refractivity contribution < 1.29 is 10.0 Å². The van der Waals surface area contributed by atoms with Gasteiger partial charge in [-0.15, -0.1) is 0 Å². The molecular weight excluding hydrogens is 260 g/mol. The number of anilines is 2. The van der Waals surface area contributed by atoms with Crippen molar-refractivity contribution in [2.45, 2.75) is 33.2 Å². The minimum atomic E-state index is -0.476. The van der Waals surface area contributed by atoms with Crippen molar-refractivity contribution in [2.75, 3.05) is 17.3 Å². The van der Waals surface area contributed by atoms with Crippen LogP contribution in [0.3, 0.4) is 0 Å². The van der Waals surface area contributed by atoms with E-state index >= 15 is 0 Å². The lowest BCUT2D eigenvalue weighted by Gasteiger charge is -2.32. The summed E-state index contributed by atoms with van der Waals surface area (Å²) < 4.78 is 0. The van der Waals surface area contributed by atoms with Crippen LogP contribution in [0.4, 0.5) is 17.1 Å². The average Bonchev–Trinajstić information content (AvgIpc) is 2.36. The Kier molecular flexibility index (Phi) is 5.29. The fourth-order valence-corrected chi connectivity index (χ4v) is 2.01. The molecule has 0 aliphatic rings. The summed E-state index contributed by atoms with van der Waals surface area (Å²) in [5.74, 6) is 5.31. The highest BCUT2D eigenvalue weighted by atomic mass is 16.6. The summed E-state index contributed by atoms with van der Waals surface area (Å²) in [6.45, 7) is 6.04. The number of nitro benzene ring substituents is 1. The Morgan fingerprint density at radius 3 is 2.45 bits per heavy atom. The normalized spacial score (nSPS) is 12.8. The van der Waals surface area contributed by atoms with Crippen LogP contribution in [0.25, 0.3) is 0 Å². The lowest BCUT2D eigenvalue weighted by molar-refractivity contribution is -0.383. The van der Waals surface area contributed by atoms with E-state index in [0.717, 1.165) is 0 Å². The molecular formula is C13H22N4O3. The van der Waals surface area contributed by atoms with Crippen molar-refractivity contribution in [1.29, 1.82) is 0 Å². The molecule has 0 saturated heterocycles. The van der Waals surface area contributed by atoms with Crippen molar-refractivity contribution in [2.24, 2.45) is 11.3 Å². The molecule has 1 aromatic rings. The second-order valence-corrected chi connectivity index (χ2v) is 5.68. The van der Waals surface area contributed by atoms with Crippen LogP contribution < -0.4 is 16.6 Å². The number of benzene rings is 1. The maximum Gasteiger partial charge on any atom is 0.316 e. The lowest BCUT2D eigenvalue weighted by Crippen LogP contribution is -2.35. The standard InChI is InChI=1S/C13H22N4O3/c1-13(2,3)11(7-8-18)15-9-5-4-6-10(16-14)12(9)17(19)20/h4-6,11,15-16,18H,7-8,14H2,1-3H3. The highest BCUT2D eigenvalue weighted by molar-refractivity contribution is 5.76. The topological polar surface area (TPSA) is 113 Å². The van der Waals surface area contributed by atoms with Crippen LogP contribution in [-0.4, -0.2) is 22.7 Å². The average molecular weight is 282 g/mol. The van der Waals surface area contributed by atoms with E-state index in [1.807, 2.05) is 20.8 Å². The number of hydrogen-bond acceptors (Lipinski definition) is 6. The second-order valence-electron chi connectivity index (χ2n) is 5.68. The number of nitrogens with two attached hydrogens (primary N) is 1. The van der Waals surface area contributed by atoms with Gasteiger partial charge in [-0.2, -0.15) is 0 Å². The van der Waals surface area contributed by atoms with Crippen molar-refractivity contribution in [3.63, 3.8) is 0 Å². The van der Waals surface area contributed by atoms with E-state index in [1.165, 1.54) is 0 Å². The minimum absolute atomic E-state index is 0.0115. The third-order valence-electron chi connectivity index (χ3n) is 3.17. The molecule has 0 aromatic heterocycles. The fraction of sp³-hybridized carbons (Fsp3) is 0.538. The number of nitrogens with zero attached hydrogens (tertiary/aromatic N) is 1. The van der Waals surface area contributed by atoms with E-state index in [0.29, 0.717) is 12.1 Å². The molecule has 1 unspecified atom stereocenters.